The number of ether oxygens (including phenoxy) is 1. The Kier molecular flexibility index (Phi) is 9.80. The minimum atomic E-state index is -0.540. The highest BCUT2D eigenvalue weighted by Crippen LogP contribution is 2.26. The molecule has 1 unspecified atom stereocenters. The van der Waals surface area contributed by atoms with Crippen LogP contribution >= 0.6 is 36.4 Å². The largest absolute Gasteiger partial charge is 0.370 e. The maximum absolute atomic E-state index is 12.1. The van der Waals surface area contributed by atoms with Gasteiger partial charge in [-0.2, -0.15) is 0 Å². The number of para-hydroxylation sites is 1. The number of nitrogens with two attached hydrogens (primary N) is 1. The van der Waals surface area contributed by atoms with Crippen LogP contribution < -0.4 is 10.6 Å². The predicted molar refractivity (Wildman–Crippen MR) is 94.6 cm³/mol. The number of hydrogen-bond donors (Lipinski definition) is 1. The van der Waals surface area contributed by atoms with Crippen molar-refractivity contribution in [2.75, 3.05) is 44.7 Å². The monoisotopic (exact) mass is 369 g/mol. The molecule has 1 aromatic carbocycles. The Labute approximate surface area is 148 Å². The van der Waals surface area contributed by atoms with E-state index in [1.54, 1.807) is 4.90 Å². The third-order valence-corrected chi connectivity index (χ3v) is 3.88. The molecule has 126 valence electrons. The molecule has 8 heteroatoms. The first kappa shape index (κ1) is 21.3. The predicted octanol–water partition coefficient (Wildman–Crippen LogP) is 1.81. The fourth-order valence-corrected chi connectivity index (χ4v) is 2.63. The first-order valence-electron chi connectivity index (χ1n) is 6.68. The number of amides is 1. The zero-order chi connectivity index (χ0) is 14.5. The van der Waals surface area contributed by atoms with Crippen LogP contribution in [0.5, 0.6) is 0 Å². The van der Waals surface area contributed by atoms with Gasteiger partial charge in [-0.15, -0.1) is 24.8 Å². The molecule has 0 saturated carbocycles. The van der Waals surface area contributed by atoms with E-state index in [-0.39, 0.29) is 37.3 Å². The lowest BCUT2D eigenvalue weighted by Gasteiger charge is -2.37. The average Bonchev–Trinajstić information content (AvgIpc) is 2.49. The van der Waals surface area contributed by atoms with Gasteiger partial charge in [0.05, 0.1) is 10.7 Å². The lowest BCUT2D eigenvalue weighted by molar-refractivity contribution is -0.141. The van der Waals surface area contributed by atoms with Crippen LogP contribution in [0.3, 0.4) is 0 Å². The molecule has 1 atom stereocenters. The van der Waals surface area contributed by atoms with E-state index < -0.39 is 6.10 Å². The van der Waals surface area contributed by atoms with Gasteiger partial charge in [-0.1, -0.05) is 23.7 Å². The topological polar surface area (TPSA) is 58.8 Å². The van der Waals surface area contributed by atoms with Gasteiger partial charge in [0.2, 0.25) is 0 Å². The number of halogens is 3. The first-order chi connectivity index (χ1) is 9.67. The molecule has 1 aliphatic rings. The quantitative estimate of drug-likeness (QED) is 0.878. The summed E-state index contributed by atoms with van der Waals surface area (Å²) in [5.41, 5.74) is 6.55. The third-order valence-electron chi connectivity index (χ3n) is 3.56. The highest BCUT2D eigenvalue weighted by Gasteiger charge is 2.27. The van der Waals surface area contributed by atoms with Crippen LogP contribution in [0.1, 0.15) is 0 Å². The van der Waals surface area contributed by atoms with E-state index in [1.165, 1.54) is 7.11 Å². The Morgan fingerprint density at radius 1 is 1.27 bits per heavy atom. The average molecular weight is 371 g/mol. The number of hydrogen-bond acceptors (Lipinski definition) is 4. The summed E-state index contributed by atoms with van der Waals surface area (Å²) in [6.45, 7) is 3.04. The van der Waals surface area contributed by atoms with Crippen molar-refractivity contribution in [3.8, 4) is 0 Å². The highest BCUT2D eigenvalue weighted by molar-refractivity contribution is 6.33. The van der Waals surface area contributed by atoms with E-state index in [9.17, 15) is 4.79 Å². The standard InChI is InChI=1S/C14H20ClN3O2.2ClH/c1-20-13(10-16)14(19)18-8-6-17(7-9-18)12-5-3-2-4-11(12)15;;/h2-5,13H,6-10,16H2,1H3;2*1H. The summed E-state index contributed by atoms with van der Waals surface area (Å²) < 4.78 is 5.09. The van der Waals surface area contributed by atoms with Crippen molar-refractivity contribution in [3.63, 3.8) is 0 Å². The van der Waals surface area contributed by atoms with Crippen LogP contribution in [-0.2, 0) is 9.53 Å². The summed E-state index contributed by atoms with van der Waals surface area (Å²) in [4.78, 5) is 16.1. The van der Waals surface area contributed by atoms with E-state index >= 15 is 0 Å². The summed E-state index contributed by atoms with van der Waals surface area (Å²) >= 11 is 6.19. The van der Waals surface area contributed by atoms with Gasteiger partial charge in [0.15, 0.2) is 0 Å². The molecule has 0 aliphatic carbocycles. The zero-order valence-corrected chi connectivity index (χ0v) is 14.8. The maximum Gasteiger partial charge on any atom is 0.253 e. The summed E-state index contributed by atoms with van der Waals surface area (Å²) in [5.74, 6) is -0.0335. The molecule has 0 spiro atoms. The number of carbonyl (C=O) groups excluding carboxylic acids is 1. The van der Waals surface area contributed by atoms with Crippen molar-refractivity contribution < 1.29 is 9.53 Å². The normalized spacial score (nSPS) is 15.6. The van der Waals surface area contributed by atoms with Crippen LogP contribution in [0.2, 0.25) is 5.02 Å². The molecule has 1 aromatic rings. The molecular weight excluding hydrogens is 349 g/mol. The lowest BCUT2D eigenvalue weighted by atomic mass is 10.2. The maximum atomic E-state index is 12.1. The van der Waals surface area contributed by atoms with Gasteiger partial charge in [0.25, 0.3) is 5.91 Å². The van der Waals surface area contributed by atoms with Crippen LogP contribution in [0.25, 0.3) is 0 Å². The molecule has 1 aliphatic heterocycles. The van der Waals surface area contributed by atoms with Crippen molar-refractivity contribution in [2.24, 2.45) is 5.73 Å². The van der Waals surface area contributed by atoms with Gasteiger partial charge in [-0.3, -0.25) is 4.79 Å². The molecule has 1 fully saturated rings. The number of anilines is 1. The van der Waals surface area contributed by atoms with E-state index in [1.807, 2.05) is 24.3 Å². The van der Waals surface area contributed by atoms with Crippen molar-refractivity contribution >= 4 is 48.0 Å². The van der Waals surface area contributed by atoms with Gasteiger partial charge < -0.3 is 20.3 Å². The molecule has 1 heterocycles. The highest BCUT2D eigenvalue weighted by atomic mass is 35.5. The Bertz CT molecular complexity index is 464. The van der Waals surface area contributed by atoms with E-state index in [2.05, 4.69) is 4.90 Å². The second-order valence-electron chi connectivity index (χ2n) is 4.72. The van der Waals surface area contributed by atoms with Crippen molar-refractivity contribution in [1.29, 1.82) is 0 Å². The fraction of sp³-hybridized carbons (Fsp3) is 0.500. The van der Waals surface area contributed by atoms with Crippen LogP contribution in [0, 0.1) is 0 Å². The number of methoxy groups -OCH3 is 1. The van der Waals surface area contributed by atoms with Gasteiger partial charge >= 0.3 is 0 Å². The van der Waals surface area contributed by atoms with Crippen LogP contribution in [0.4, 0.5) is 5.69 Å². The molecule has 22 heavy (non-hydrogen) atoms. The molecular formula is C14H22Cl3N3O2. The molecule has 1 saturated heterocycles. The Hall–Kier alpha value is -0.720. The summed E-state index contributed by atoms with van der Waals surface area (Å²) in [6, 6.07) is 7.76. The number of carbonyl (C=O) groups is 1. The zero-order valence-electron chi connectivity index (χ0n) is 12.4. The van der Waals surface area contributed by atoms with Gasteiger partial charge in [-0.05, 0) is 12.1 Å². The van der Waals surface area contributed by atoms with Crippen LogP contribution in [-0.4, -0.2) is 56.7 Å². The minimum Gasteiger partial charge on any atom is -0.370 e. The van der Waals surface area contributed by atoms with Crippen molar-refractivity contribution in [2.45, 2.75) is 6.10 Å². The number of benzene rings is 1. The first-order valence-corrected chi connectivity index (χ1v) is 7.06. The van der Waals surface area contributed by atoms with E-state index in [0.29, 0.717) is 13.1 Å². The molecule has 1 amide bonds. The number of rotatable bonds is 4. The second kappa shape index (κ2) is 10.1. The van der Waals surface area contributed by atoms with E-state index in [0.717, 1.165) is 23.8 Å². The molecule has 2 N–H and O–H groups in total. The Balaban J connectivity index is 0.00000220. The molecule has 0 bridgehead atoms. The minimum absolute atomic E-state index is 0. The van der Waals surface area contributed by atoms with Crippen LogP contribution in [0.15, 0.2) is 24.3 Å². The Morgan fingerprint density at radius 2 is 1.86 bits per heavy atom. The third kappa shape index (κ3) is 4.89. The number of piperazine rings is 1. The Morgan fingerprint density at radius 3 is 2.36 bits per heavy atom. The molecule has 0 radical (unpaired) electrons. The molecule has 5 nitrogen and oxygen atoms in total. The second-order valence-corrected chi connectivity index (χ2v) is 5.13. The summed E-state index contributed by atoms with van der Waals surface area (Å²) in [6.07, 6.45) is -0.540. The summed E-state index contributed by atoms with van der Waals surface area (Å²) in [5, 5.41) is 0.740. The molecule has 0 aromatic heterocycles. The van der Waals surface area contributed by atoms with Crippen molar-refractivity contribution in [1.82, 2.24) is 4.90 Å². The fourth-order valence-electron chi connectivity index (χ4n) is 2.38. The van der Waals surface area contributed by atoms with Gasteiger partial charge in [-0.25, -0.2) is 0 Å². The van der Waals surface area contributed by atoms with Gasteiger partial charge in [0, 0.05) is 39.8 Å². The number of nitrogens with zero attached hydrogens (tertiary/aromatic N) is 2. The SMILES string of the molecule is COC(CN)C(=O)N1CCN(c2ccccc2Cl)CC1.Cl.Cl. The lowest BCUT2D eigenvalue weighted by Crippen LogP contribution is -2.53. The molecule has 2 rings (SSSR count). The smallest absolute Gasteiger partial charge is 0.253 e. The van der Waals surface area contributed by atoms with E-state index in [4.69, 9.17) is 22.1 Å². The van der Waals surface area contributed by atoms with Gasteiger partial charge in [0.1, 0.15) is 6.10 Å². The summed E-state index contributed by atoms with van der Waals surface area (Å²) in [7, 11) is 1.51. The van der Waals surface area contributed by atoms with Crippen molar-refractivity contribution in [3.05, 3.63) is 29.3 Å².